The van der Waals surface area contributed by atoms with Crippen LogP contribution in [0.15, 0.2) is 59.2 Å². The molecular formula is C22H16ClF3N2O4. The molecule has 1 aromatic heterocycles. The minimum Gasteiger partial charge on any atom is -0.492 e. The van der Waals surface area contributed by atoms with E-state index in [2.05, 4.69) is 10.6 Å². The van der Waals surface area contributed by atoms with Gasteiger partial charge in [-0.05, 0) is 60.5 Å². The summed E-state index contributed by atoms with van der Waals surface area (Å²) < 4.78 is 51.4. The fourth-order valence-electron chi connectivity index (χ4n) is 3.33. The Kier molecular flexibility index (Phi) is 5.84. The zero-order valence-corrected chi connectivity index (χ0v) is 17.1. The molecule has 0 radical (unpaired) electrons. The van der Waals surface area contributed by atoms with E-state index in [0.29, 0.717) is 16.3 Å². The highest BCUT2D eigenvalue weighted by Crippen LogP contribution is 2.37. The number of amides is 2. The van der Waals surface area contributed by atoms with Gasteiger partial charge in [0.1, 0.15) is 12.4 Å². The predicted molar refractivity (Wildman–Crippen MR) is 111 cm³/mol. The van der Waals surface area contributed by atoms with Gasteiger partial charge in [-0.15, -0.1) is 0 Å². The molecule has 6 nitrogen and oxygen atoms in total. The first-order chi connectivity index (χ1) is 15.2. The first-order valence-electron chi connectivity index (χ1n) is 9.49. The quantitative estimate of drug-likeness (QED) is 0.542. The topological polar surface area (TPSA) is 80.6 Å². The molecule has 0 fully saturated rings. The number of carbonyl (C=O) groups is 2. The van der Waals surface area contributed by atoms with Crippen LogP contribution in [0.1, 0.15) is 21.7 Å². The smallest absolute Gasteiger partial charge is 0.418 e. The molecule has 0 saturated carbocycles. The van der Waals surface area contributed by atoms with Crippen LogP contribution in [-0.2, 0) is 17.4 Å². The molecule has 0 saturated heterocycles. The lowest BCUT2D eigenvalue weighted by atomic mass is 9.95. The molecule has 2 heterocycles. The van der Waals surface area contributed by atoms with E-state index in [0.717, 1.165) is 12.1 Å². The molecule has 2 aromatic carbocycles. The molecule has 3 aromatic rings. The van der Waals surface area contributed by atoms with Crippen LogP contribution in [-0.4, -0.2) is 18.4 Å². The fourth-order valence-corrected chi connectivity index (χ4v) is 3.53. The van der Waals surface area contributed by atoms with Crippen molar-refractivity contribution in [2.75, 3.05) is 17.2 Å². The fraction of sp³-hybridized carbons (Fsp3) is 0.182. The van der Waals surface area contributed by atoms with Gasteiger partial charge in [0.15, 0.2) is 5.76 Å². The van der Waals surface area contributed by atoms with Gasteiger partial charge < -0.3 is 19.8 Å². The lowest BCUT2D eigenvalue weighted by Gasteiger charge is -2.25. The Morgan fingerprint density at radius 2 is 1.88 bits per heavy atom. The van der Waals surface area contributed by atoms with Gasteiger partial charge in [0.25, 0.3) is 5.91 Å². The first-order valence-corrected chi connectivity index (χ1v) is 9.86. The van der Waals surface area contributed by atoms with Gasteiger partial charge in [0, 0.05) is 10.7 Å². The van der Waals surface area contributed by atoms with Crippen molar-refractivity contribution in [2.45, 2.75) is 12.6 Å². The van der Waals surface area contributed by atoms with Crippen LogP contribution in [0.5, 0.6) is 5.75 Å². The van der Waals surface area contributed by atoms with E-state index >= 15 is 0 Å². The number of carbonyl (C=O) groups excluding carboxylic acids is 2. The van der Waals surface area contributed by atoms with Gasteiger partial charge in [0.05, 0.1) is 23.4 Å². The number of hydrogen-bond acceptors (Lipinski definition) is 4. The van der Waals surface area contributed by atoms with Crippen LogP contribution in [0.3, 0.4) is 0 Å². The maximum absolute atomic E-state index is 13.7. The number of nitrogens with one attached hydrogen (secondary N) is 2. The van der Waals surface area contributed by atoms with E-state index in [1.807, 2.05) is 0 Å². The Balaban J connectivity index is 1.52. The van der Waals surface area contributed by atoms with Gasteiger partial charge in [0.2, 0.25) is 5.91 Å². The summed E-state index contributed by atoms with van der Waals surface area (Å²) in [5, 5.41) is 5.15. The predicted octanol–water partition coefficient (Wildman–Crippen LogP) is 5.39. The highest BCUT2D eigenvalue weighted by molar-refractivity contribution is 6.30. The molecule has 4 rings (SSSR count). The molecule has 166 valence electrons. The first kappa shape index (κ1) is 21.8. The zero-order valence-electron chi connectivity index (χ0n) is 16.3. The molecule has 10 heteroatoms. The van der Waals surface area contributed by atoms with E-state index in [4.69, 9.17) is 20.8 Å². The lowest BCUT2D eigenvalue weighted by Crippen LogP contribution is -2.33. The Hall–Kier alpha value is -3.46. The lowest BCUT2D eigenvalue weighted by molar-refractivity contribution is -0.137. The minimum atomic E-state index is -4.77. The van der Waals surface area contributed by atoms with Crippen molar-refractivity contribution in [1.29, 1.82) is 0 Å². The molecule has 1 atom stereocenters. The minimum absolute atomic E-state index is 0.0269. The largest absolute Gasteiger partial charge is 0.492 e. The zero-order chi connectivity index (χ0) is 22.9. The maximum atomic E-state index is 13.7. The van der Waals surface area contributed by atoms with Crippen LogP contribution in [0.25, 0.3) is 0 Å². The maximum Gasteiger partial charge on any atom is 0.418 e. The Labute approximate surface area is 185 Å². The van der Waals surface area contributed by atoms with Gasteiger partial charge in [-0.2, -0.15) is 13.2 Å². The van der Waals surface area contributed by atoms with Crippen molar-refractivity contribution in [3.8, 4) is 5.75 Å². The molecule has 2 amide bonds. The molecule has 2 N–H and O–H groups in total. The van der Waals surface area contributed by atoms with Gasteiger partial charge in [-0.1, -0.05) is 11.6 Å². The number of halogens is 4. The van der Waals surface area contributed by atoms with Crippen molar-refractivity contribution in [3.05, 3.63) is 76.7 Å². The van der Waals surface area contributed by atoms with Crippen molar-refractivity contribution in [2.24, 2.45) is 5.92 Å². The summed E-state index contributed by atoms with van der Waals surface area (Å²) in [6.45, 7) is 0.0269. The highest BCUT2D eigenvalue weighted by atomic mass is 35.5. The van der Waals surface area contributed by atoms with E-state index in [1.165, 1.54) is 24.5 Å². The number of anilines is 2. The second-order valence-electron chi connectivity index (χ2n) is 7.14. The third kappa shape index (κ3) is 4.72. The molecule has 1 aliphatic heterocycles. The SMILES string of the molecule is O=C(Nc1ccc(NC(=O)C2COc3ccc(Cl)cc3C2)c(C(F)(F)F)c1)c1ccco1. The van der Waals surface area contributed by atoms with E-state index in [-0.39, 0.29) is 24.5 Å². The van der Waals surface area contributed by atoms with Crippen LogP contribution in [0.4, 0.5) is 24.5 Å². The number of fused-ring (bicyclic) bond motifs is 1. The molecule has 1 unspecified atom stereocenters. The van der Waals surface area contributed by atoms with Crippen LogP contribution < -0.4 is 15.4 Å². The molecule has 0 aliphatic carbocycles. The Bertz CT molecular complexity index is 1160. The second kappa shape index (κ2) is 8.58. The van der Waals surface area contributed by atoms with Crippen molar-refractivity contribution < 1.29 is 31.9 Å². The van der Waals surface area contributed by atoms with Crippen LogP contribution >= 0.6 is 11.6 Å². The van der Waals surface area contributed by atoms with Gasteiger partial charge >= 0.3 is 6.18 Å². The summed E-state index contributed by atoms with van der Waals surface area (Å²) in [5.74, 6) is -1.47. The van der Waals surface area contributed by atoms with E-state index in [1.54, 1.807) is 18.2 Å². The Morgan fingerprint density at radius 3 is 2.59 bits per heavy atom. The molecule has 32 heavy (non-hydrogen) atoms. The summed E-state index contributed by atoms with van der Waals surface area (Å²) in [4.78, 5) is 24.7. The normalized spacial score (nSPS) is 15.4. The molecular weight excluding hydrogens is 449 g/mol. The van der Waals surface area contributed by atoms with Crippen molar-refractivity contribution >= 4 is 34.8 Å². The summed E-state index contributed by atoms with van der Waals surface area (Å²) in [5.41, 5.74) is -0.907. The molecule has 1 aliphatic rings. The third-order valence-electron chi connectivity index (χ3n) is 4.89. The standard InChI is InChI=1S/C22H16ClF3N2O4/c23-14-3-6-18-12(9-14)8-13(11-32-18)20(29)28-17-5-4-15(10-16(17)22(24,25)26)27-21(30)19-2-1-7-31-19/h1-7,9-10,13H,8,11H2,(H,27,30)(H,28,29). The van der Waals surface area contributed by atoms with Crippen LogP contribution in [0, 0.1) is 5.92 Å². The highest BCUT2D eigenvalue weighted by Gasteiger charge is 2.35. The van der Waals surface area contributed by atoms with Crippen molar-refractivity contribution in [3.63, 3.8) is 0 Å². The number of rotatable bonds is 4. The average molecular weight is 465 g/mol. The Morgan fingerprint density at radius 1 is 1.06 bits per heavy atom. The number of benzene rings is 2. The second-order valence-corrected chi connectivity index (χ2v) is 7.58. The van der Waals surface area contributed by atoms with Gasteiger partial charge in [-0.25, -0.2) is 0 Å². The molecule has 0 spiro atoms. The summed E-state index contributed by atoms with van der Waals surface area (Å²) in [7, 11) is 0. The molecule has 0 bridgehead atoms. The average Bonchev–Trinajstić information content (AvgIpc) is 3.28. The van der Waals surface area contributed by atoms with Crippen LogP contribution in [0.2, 0.25) is 5.02 Å². The summed E-state index contributed by atoms with van der Waals surface area (Å²) in [6.07, 6.45) is -3.21. The summed E-state index contributed by atoms with van der Waals surface area (Å²) >= 11 is 5.97. The summed E-state index contributed by atoms with van der Waals surface area (Å²) in [6, 6.07) is 11.0. The number of ether oxygens (including phenoxy) is 1. The number of furan rings is 1. The monoisotopic (exact) mass is 464 g/mol. The third-order valence-corrected chi connectivity index (χ3v) is 5.12. The number of hydrogen-bond donors (Lipinski definition) is 2. The number of alkyl halides is 3. The van der Waals surface area contributed by atoms with E-state index < -0.39 is 35.2 Å². The van der Waals surface area contributed by atoms with Gasteiger partial charge in [-0.3, -0.25) is 9.59 Å². The van der Waals surface area contributed by atoms with Crippen molar-refractivity contribution in [1.82, 2.24) is 0 Å². The van der Waals surface area contributed by atoms with E-state index in [9.17, 15) is 22.8 Å².